The van der Waals surface area contributed by atoms with Gasteiger partial charge in [-0.2, -0.15) is 0 Å². The molecule has 3 aromatic rings. The highest BCUT2D eigenvalue weighted by atomic mass is 19.1. The number of nitrogen functional groups attached to an aromatic ring is 1. The van der Waals surface area contributed by atoms with Gasteiger partial charge in [0.25, 0.3) is 0 Å². The van der Waals surface area contributed by atoms with Gasteiger partial charge in [0.2, 0.25) is 0 Å². The second-order valence-electron chi connectivity index (χ2n) is 4.33. The molecule has 1 aromatic heterocycles. The number of hydrogen-bond donors (Lipinski definition) is 1. The van der Waals surface area contributed by atoms with Gasteiger partial charge >= 0.3 is 0 Å². The van der Waals surface area contributed by atoms with Crippen molar-refractivity contribution in [3.63, 3.8) is 0 Å². The zero-order valence-corrected chi connectivity index (χ0v) is 10.2. The van der Waals surface area contributed by atoms with E-state index >= 15 is 0 Å². The summed E-state index contributed by atoms with van der Waals surface area (Å²) in [7, 11) is 1.74. The van der Waals surface area contributed by atoms with Crippen LogP contribution in [0.4, 0.5) is 14.5 Å². The minimum Gasteiger partial charge on any atom is -0.398 e. The fourth-order valence-electron chi connectivity index (χ4n) is 2.14. The Hall–Kier alpha value is -2.43. The fourth-order valence-corrected chi connectivity index (χ4v) is 2.14. The Labute approximate surface area is 108 Å². The Morgan fingerprint density at radius 3 is 2.68 bits per heavy atom. The third-order valence-electron chi connectivity index (χ3n) is 3.12. The van der Waals surface area contributed by atoms with Crippen molar-refractivity contribution in [1.29, 1.82) is 0 Å². The van der Waals surface area contributed by atoms with Crippen molar-refractivity contribution in [3.8, 4) is 11.4 Å². The van der Waals surface area contributed by atoms with Crippen molar-refractivity contribution in [1.82, 2.24) is 9.55 Å². The Morgan fingerprint density at radius 1 is 1.16 bits per heavy atom. The molecule has 5 heteroatoms. The van der Waals surface area contributed by atoms with Crippen molar-refractivity contribution < 1.29 is 8.78 Å². The third-order valence-corrected chi connectivity index (χ3v) is 3.12. The molecule has 1 heterocycles. The number of imidazole rings is 1. The monoisotopic (exact) mass is 259 g/mol. The van der Waals surface area contributed by atoms with Crippen LogP contribution in [0, 0.1) is 11.6 Å². The summed E-state index contributed by atoms with van der Waals surface area (Å²) in [6, 6.07) is 8.76. The molecule has 0 saturated heterocycles. The predicted octanol–water partition coefficient (Wildman–Crippen LogP) is 3.10. The lowest BCUT2D eigenvalue weighted by Crippen LogP contribution is -1.97. The molecule has 0 aliphatic rings. The number of halogens is 2. The zero-order chi connectivity index (χ0) is 13.6. The Kier molecular flexibility index (Phi) is 2.48. The van der Waals surface area contributed by atoms with Crippen LogP contribution in [-0.2, 0) is 7.05 Å². The van der Waals surface area contributed by atoms with Gasteiger partial charge in [0.05, 0.1) is 5.52 Å². The van der Waals surface area contributed by atoms with Crippen molar-refractivity contribution >= 4 is 16.7 Å². The van der Waals surface area contributed by atoms with E-state index in [9.17, 15) is 8.78 Å². The van der Waals surface area contributed by atoms with Crippen LogP contribution in [0.25, 0.3) is 22.4 Å². The molecule has 96 valence electrons. The van der Waals surface area contributed by atoms with Gasteiger partial charge in [-0.05, 0) is 30.3 Å². The van der Waals surface area contributed by atoms with Crippen molar-refractivity contribution in [2.24, 2.45) is 7.05 Å². The molecule has 0 unspecified atom stereocenters. The second kappa shape index (κ2) is 4.05. The summed E-state index contributed by atoms with van der Waals surface area (Å²) in [5.41, 5.74) is 7.59. The van der Waals surface area contributed by atoms with Crippen molar-refractivity contribution in [2.45, 2.75) is 0 Å². The van der Waals surface area contributed by atoms with Gasteiger partial charge in [0, 0.05) is 18.3 Å². The average Bonchev–Trinajstić information content (AvgIpc) is 2.72. The van der Waals surface area contributed by atoms with E-state index in [-0.39, 0.29) is 5.52 Å². The number of anilines is 1. The molecule has 19 heavy (non-hydrogen) atoms. The third kappa shape index (κ3) is 1.74. The van der Waals surface area contributed by atoms with Crippen LogP contribution in [0.15, 0.2) is 36.4 Å². The van der Waals surface area contributed by atoms with Gasteiger partial charge in [0.1, 0.15) is 17.2 Å². The van der Waals surface area contributed by atoms with Crippen LogP contribution in [0.3, 0.4) is 0 Å². The highest BCUT2D eigenvalue weighted by Crippen LogP contribution is 2.29. The molecule has 0 fully saturated rings. The van der Waals surface area contributed by atoms with Crippen LogP contribution in [0.1, 0.15) is 0 Å². The summed E-state index contributed by atoms with van der Waals surface area (Å²) >= 11 is 0. The first-order chi connectivity index (χ1) is 9.08. The highest BCUT2D eigenvalue weighted by Gasteiger charge is 2.15. The number of rotatable bonds is 1. The van der Waals surface area contributed by atoms with Gasteiger partial charge < -0.3 is 10.3 Å². The normalized spacial score (nSPS) is 11.1. The molecule has 0 aliphatic heterocycles. The number of benzene rings is 2. The number of nitrogens with two attached hydrogens (primary N) is 1. The molecular weight excluding hydrogens is 248 g/mol. The molecule has 3 rings (SSSR count). The molecule has 0 spiro atoms. The minimum atomic E-state index is -0.408. The largest absolute Gasteiger partial charge is 0.398 e. The number of nitrogens with zero attached hydrogens (tertiary/aromatic N) is 2. The lowest BCUT2D eigenvalue weighted by atomic mass is 10.1. The first kappa shape index (κ1) is 11.6. The molecule has 3 nitrogen and oxygen atoms in total. The van der Waals surface area contributed by atoms with Crippen LogP contribution >= 0.6 is 0 Å². The van der Waals surface area contributed by atoms with Crippen LogP contribution in [-0.4, -0.2) is 9.55 Å². The van der Waals surface area contributed by atoms with Gasteiger partial charge in [-0.1, -0.05) is 6.07 Å². The molecule has 0 aliphatic carbocycles. The lowest BCUT2D eigenvalue weighted by Gasteiger charge is -2.05. The van der Waals surface area contributed by atoms with E-state index < -0.39 is 11.6 Å². The molecule has 0 bridgehead atoms. The number of para-hydroxylation sites is 1. The van der Waals surface area contributed by atoms with Crippen LogP contribution < -0.4 is 5.73 Å². The molecular formula is C14H11F2N3. The molecule has 0 amide bonds. The van der Waals surface area contributed by atoms with Gasteiger partial charge in [-0.25, -0.2) is 13.8 Å². The molecule has 0 radical (unpaired) electrons. The first-order valence-corrected chi connectivity index (χ1v) is 5.74. The number of aryl methyl sites for hydroxylation is 1. The summed E-state index contributed by atoms with van der Waals surface area (Å²) in [4.78, 5) is 4.23. The summed E-state index contributed by atoms with van der Waals surface area (Å²) in [5, 5.41) is 0. The molecule has 0 saturated carbocycles. The van der Waals surface area contributed by atoms with E-state index in [1.54, 1.807) is 23.7 Å². The maximum Gasteiger partial charge on any atom is 0.151 e. The van der Waals surface area contributed by atoms with Crippen LogP contribution in [0.5, 0.6) is 0 Å². The first-order valence-electron chi connectivity index (χ1n) is 5.74. The van der Waals surface area contributed by atoms with E-state index in [0.717, 1.165) is 0 Å². The van der Waals surface area contributed by atoms with E-state index in [0.29, 0.717) is 22.6 Å². The Balaban J connectivity index is 2.34. The topological polar surface area (TPSA) is 43.8 Å². The van der Waals surface area contributed by atoms with Gasteiger partial charge in [0.15, 0.2) is 5.82 Å². The smallest absolute Gasteiger partial charge is 0.151 e. The minimum absolute atomic E-state index is 0.253. The van der Waals surface area contributed by atoms with E-state index in [2.05, 4.69) is 4.98 Å². The van der Waals surface area contributed by atoms with Crippen molar-refractivity contribution in [3.05, 3.63) is 48.0 Å². The summed E-state index contributed by atoms with van der Waals surface area (Å²) < 4.78 is 28.7. The predicted molar refractivity (Wildman–Crippen MR) is 70.5 cm³/mol. The van der Waals surface area contributed by atoms with E-state index in [1.165, 1.54) is 24.3 Å². The van der Waals surface area contributed by atoms with Gasteiger partial charge in [-0.15, -0.1) is 0 Å². The maximum absolute atomic E-state index is 13.7. The van der Waals surface area contributed by atoms with Crippen molar-refractivity contribution in [2.75, 3.05) is 5.73 Å². The molecule has 2 aromatic carbocycles. The fraction of sp³-hybridized carbons (Fsp3) is 0.0714. The number of hydrogen-bond acceptors (Lipinski definition) is 2. The summed E-state index contributed by atoms with van der Waals surface area (Å²) in [6.45, 7) is 0. The van der Waals surface area contributed by atoms with E-state index in [4.69, 9.17) is 5.73 Å². The Bertz CT molecular complexity index is 778. The quantitative estimate of drug-likeness (QED) is 0.682. The standard InChI is InChI=1S/C14H11F2N3/c1-19-12-4-2-3-10(16)13(12)18-14(19)9-7-8(15)5-6-11(9)17/h2-7H,17H2,1H3. The number of aromatic nitrogens is 2. The summed E-state index contributed by atoms with van der Waals surface area (Å²) in [6.07, 6.45) is 0. The average molecular weight is 259 g/mol. The molecule has 2 N–H and O–H groups in total. The SMILES string of the molecule is Cn1c(-c2cc(F)ccc2N)nc2c(F)cccc21. The lowest BCUT2D eigenvalue weighted by molar-refractivity contribution is 0.628. The Morgan fingerprint density at radius 2 is 1.95 bits per heavy atom. The second-order valence-corrected chi connectivity index (χ2v) is 4.33. The van der Waals surface area contributed by atoms with Gasteiger partial charge in [-0.3, -0.25) is 0 Å². The number of fused-ring (bicyclic) bond motifs is 1. The highest BCUT2D eigenvalue weighted by molar-refractivity contribution is 5.83. The molecule has 0 atom stereocenters. The zero-order valence-electron chi connectivity index (χ0n) is 10.2. The van der Waals surface area contributed by atoms with Crippen LogP contribution in [0.2, 0.25) is 0 Å². The van der Waals surface area contributed by atoms with E-state index in [1.807, 2.05) is 0 Å². The maximum atomic E-state index is 13.7. The summed E-state index contributed by atoms with van der Waals surface area (Å²) in [5.74, 6) is -0.372.